The average Bonchev–Trinajstić information content (AvgIpc) is 2.61. The Bertz CT molecular complexity index is 617. The van der Waals surface area contributed by atoms with Gasteiger partial charge in [-0.15, -0.1) is 12.4 Å². The summed E-state index contributed by atoms with van der Waals surface area (Å²) in [6, 6.07) is 17.5. The molecule has 2 rings (SSSR count). The lowest BCUT2D eigenvalue weighted by Gasteiger charge is -2.20. The Hall–Kier alpha value is -1.55. The van der Waals surface area contributed by atoms with Crippen molar-refractivity contribution < 1.29 is 4.79 Å². The quantitative estimate of drug-likeness (QED) is 0.609. The summed E-state index contributed by atoms with van der Waals surface area (Å²) in [6.07, 6.45) is 4.60. The maximum atomic E-state index is 12.3. The lowest BCUT2D eigenvalue weighted by Crippen LogP contribution is -2.29. The summed E-state index contributed by atoms with van der Waals surface area (Å²) in [5.41, 5.74) is 7.58. The molecular weight excluding hydrogens is 355 g/mol. The number of carbonyl (C=O) groups excluding carboxylic acids is 1. The molecule has 25 heavy (non-hydrogen) atoms. The van der Waals surface area contributed by atoms with Gasteiger partial charge in [-0.3, -0.25) is 4.79 Å². The summed E-state index contributed by atoms with van der Waals surface area (Å²) in [7, 11) is 0. The van der Waals surface area contributed by atoms with Gasteiger partial charge in [0.05, 0.1) is 6.04 Å². The second-order valence-corrected chi connectivity index (χ2v) is 6.35. The number of nitrogens with one attached hydrogen (secondary N) is 1. The van der Waals surface area contributed by atoms with Crippen molar-refractivity contribution in [3.63, 3.8) is 0 Å². The molecule has 3 N–H and O–H groups in total. The second-order valence-electron chi connectivity index (χ2n) is 5.92. The Kier molecular flexibility index (Phi) is 10.2. The number of benzene rings is 2. The van der Waals surface area contributed by atoms with Crippen LogP contribution >= 0.6 is 24.0 Å². The van der Waals surface area contributed by atoms with Crippen molar-refractivity contribution in [2.45, 2.75) is 38.1 Å². The minimum Gasteiger partial charge on any atom is -0.345 e. The van der Waals surface area contributed by atoms with E-state index in [1.54, 1.807) is 0 Å². The van der Waals surface area contributed by atoms with E-state index in [4.69, 9.17) is 17.3 Å². The van der Waals surface area contributed by atoms with Crippen molar-refractivity contribution in [1.29, 1.82) is 0 Å². The lowest BCUT2D eigenvalue weighted by molar-refractivity contribution is -0.121. The van der Waals surface area contributed by atoms with Gasteiger partial charge >= 0.3 is 0 Å². The molecule has 0 aliphatic rings. The van der Waals surface area contributed by atoms with Crippen LogP contribution in [-0.4, -0.2) is 12.5 Å². The van der Waals surface area contributed by atoms with Gasteiger partial charge in [0.2, 0.25) is 5.91 Å². The van der Waals surface area contributed by atoms with Gasteiger partial charge in [0.1, 0.15) is 0 Å². The van der Waals surface area contributed by atoms with Gasteiger partial charge in [-0.05, 0) is 42.6 Å². The third-order valence-corrected chi connectivity index (χ3v) is 4.25. The number of carbonyl (C=O) groups is 1. The molecule has 0 saturated carbocycles. The van der Waals surface area contributed by atoms with Crippen LogP contribution < -0.4 is 11.1 Å². The minimum atomic E-state index is -0.153. The van der Waals surface area contributed by atoms with Crippen LogP contribution in [-0.2, 0) is 4.79 Å². The molecule has 1 amide bonds. The highest BCUT2D eigenvalue weighted by Gasteiger charge is 2.16. The summed E-state index contributed by atoms with van der Waals surface area (Å²) < 4.78 is 0. The summed E-state index contributed by atoms with van der Waals surface area (Å²) in [6.45, 7) is 0.721. The zero-order valence-corrected chi connectivity index (χ0v) is 15.9. The van der Waals surface area contributed by atoms with Crippen LogP contribution in [0.1, 0.15) is 49.3 Å². The van der Waals surface area contributed by atoms with E-state index in [2.05, 4.69) is 5.32 Å². The van der Waals surface area contributed by atoms with Gasteiger partial charge in [-0.2, -0.15) is 0 Å². The highest BCUT2D eigenvalue weighted by atomic mass is 35.5. The topological polar surface area (TPSA) is 55.1 Å². The maximum Gasteiger partial charge on any atom is 0.220 e. The van der Waals surface area contributed by atoms with Crippen LogP contribution in [0.4, 0.5) is 0 Å². The SMILES string of the molecule is Cl.NCCCCCCC(=O)NC(c1ccccc1)c1ccc(Cl)cc1. The molecule has 5 heteroatoms. The summed E-state index contributed by atoms with van der Waals surface area (Å²) in [5, 5.41) is 3.84. The molecule has 0 aliphatic carbocycles. The molecule has 0 radical (unpaired) electrons. The summed E-state index contributed by atoms with van der Waals surface area (Å²) >= 11 is 5.98. The third kappa shape index (κ3) is 7.47. The van der Waals surface area contributed by atoms with Gasteiger partial charge in [0, 0.05) is 11.4 Å². The molecule has 0 bridgehead atoms. The Labute approximate surface area is 161 Å². The van der Waals surface area contributed by atoms with Crippen LogP contribution in [0.2, 0.25) is 5.02 Å². The average molecular weight is 381 g/mol. The fraction of sp³-hybridized carbons (Fsp3) is 0.350. The fourth-order valence-electron chi connectivity index (χ4n) is 2.68. The fourth-order valence-corrected chi connectivity index (χ4v) is 2.80. The highest BCUT2D eigenvalue weighted by molar-refractivity contribution is 6.30. The minimum absolute atomic E-state index is 0. The van der Waals surface area contributed by atoms with E-state index in [0.29, 0.717) is 11.4 Å². The molecule has 2 aromatic carbocycles. The van der Waals surface area contributed by atoms with Crippen LogP contribution in [0.25, 0.3) is 0 Å². The Morgan fingerprint density at radius 3 is 2.16 bits per heavy atom. The summed E-state index contributed by atoms with van der Waals surface area (Å²) in [5.74, 6) is 0.0755. The first-order chi connectivity index (χ1) is 11.7. The molecule has 1 atom stereocenters. The monoisotopic (exact) mass is 380 g/mol. The normalized spacial score (nSPS) is 11.4. The van der Waals surface area contributed by atoms with Crippen molar-refractivity contribution in [3.05, 3.63) is 70.7 Å². The van der Waals surface area contributed by atoms with E-state index < -0.39 is 0 Å². The van der Waals surface area contributed by atoms with Crippen molar-refractivity contribution in [2.75, 3.05) is 6.54 Å². The van der Waals surface area contributed by atoms with Gasteiger partial charge in [-0.25, -0.2) is 0 Å². The lowest BCUT2D eigenvalue weighted by atomic mass is 9.98. The first-order valence-electron chi connectivity index (χ1n) is 8.50. The molecule has 0 fully saturated rings. The van der Waals surface area contributed by atoms with Crippen LogP contribution in [0, 0.1) is 0 Å². The van der Waals surface area contributed by atoms with Gasteiger partial charge < -0.3 is 11.1 Å². The zero-order valence-electron chi connectivity index (χ0n) is 14.3. The van der Waals surface area contributed by atoms with E-state index in [-0.39, 0.29) is 24.4 Å². The number of rotatable bonds is 9. The van der Waals surface area contributed by atoms with Crippen molar-refractivity contribution >= 4 is 29.9 Å². The number of hydrogen-bond acceptors (Lipinski definition) is 2. The predicted octanol–water partition coefficient (Wildman–Crippen LogP) is 4.88. The van der Waals surface area contributed by atoms with E-state index in [1.165, 1.54) is 0 Å². The van der Waals surface area contributed by atoms with Crippen LogP contribution in [0.3, 0.4) is 0 Å². The number of nitrogens with two attached hydrogens (primary N) is 1. The molecule has 3 nitrogen and oxygen atoms in total. The van der Waals surface area contributed by atoms with E-state index in [9.17, 15) is 4.79 Å². The molecule has 0 spiro atoms. The first kappa shape index (κ1) is 21.5. The first-order valence-corrected chi connectivity index (χ1v) is 8.88. The van der Waals surface area contributed by atoms with Crippen molar-refractivity contribution in [3.8, 4) is 0 Å². The van der Waals surface area contributed by atoms with Crippen molar-refractivity contribution in [2.24, 2.45) is 5.73 Å². The molecule has 0 saturated heterocycles. The van der Waals surface area contributed by atoms with Gasteiger partial charge in [0.15, 0.2) is 0 Å². The Balaban J connectivity index is 0.00000312. The zero-order chi connectivity index (χ0) is 17.2. The van der Waals surface area contributed by atoms with Gasteiger partial charge in [0.25, 0.3) is 0 Å². The molecule has 0 heterocycles. The van der Waals surface area contributed by atoms with E-state index >= 15 is 0 Å². The second kappa shape index (κ2) is 11.9. The largest absolute Gasteiger partial charge is 0.345 e. The Morgan fingerprint density at radius 1 is 0.920 bits per heavy atom. The van der Waals surface area contributed by atoms with Crippen LogP contribution in [0.5, 0.6) is 0 Å². The smallest absolute Gasteiger partial charge is 0.220 e. The molecule has 0 aromatic heterocycles. The van der Waals surface area contributed by atoms with Gasteiger partial charge in [-0.1, -0.05) is 66.9 Å². The molecule has 2 aromatic rings. The predicted molar refractivity (Wildman–Crippen MR) is 107 cm³/mol. The number of hydrogen-bond donors (Lipinski definition) is 2. The third-order valence-electron chi connectivity index (χ3n) is 4.00. The maximum absolute atomic E-state index is 12.3. The summed E-state index contributed by atoms with van der Waals surface area (Å²) in [4.78, 5) is 12.3. The van der Waals surface area contributed by atoms with Crippen LogP contribution in [0.15, 0.2) is 54.6 Å². The molecule has 136 valence electrons. The highest BCUT2D eigenvalue weighted by Crippen LogP contribution is 2.23. The molecule has 1 unspecified atom stereocenters. The van der Waals surface area contributed by atoms with E-state index in [0.717, 1.165) is 43.4 Å². The standard InChI is InChI=1S/C20H25ClN2O.ClH/c21-18-13-11-17(12-14-18)20(16-8-4-3-5-9-16)23-19(24)10-6-1-2-7-15-22;/h3-5,8-9,11-14,20H,1-2,6-7,10,15,22H2,(H,23,24);1H. The Morgan fingerprint density at radius 2 is 1.52 bits per heavy atom. The van der Waals surface area contributed by atoms with Crippen molar-refractivity contribution in [1.82, 2.24) is 5.32 Å². The number of amides is 1. The number of unbranched alkanes of at least 4 members (excludes halogenated alkanes) is 3. The molecular formula is C20H26Cl2N2O. The van der Waals surface area contributed by atoms with E-state index in [1.807, 2.05) is 54.6 Å². The number of halogens is 2. The molecule has 0 aliphatic heterocycles.